The van der Waals surface area contributed by atoms with Gasteiger partial charge in [-0.15, -0.1) is 0 Å². The van der Waals surface area contributed by atoms with Crippen LogP contribution in [0.3, 0.4) is 0 Å². The van der Waals surface area contributed by atoms with Crippen LogP contribution in [0.5, 0.6) is 0 Å². The summed E-state index contributed by atoms with van der Waals surface area (Å²) in [5.41, 5.74) is 7.47. The van der Waals surface area contributed by atoms with Crippen LogP contribution >= 0.6 is 12.2 Å². The van der Waals surface area contributed by atoms with Gasteiger partial charge in [-0.05, 0) is 45.8 Å². The number of allylic oxidation sites excluding steroid dienone is 3. The van der Waals surface area contributed by atoms with E-state index in [1.165, 1.54) is 11.6 Å². The van der Waals surface area contributed by atoms with Crippen LogP contribution in [-0.2, 0) is 4.79 Å². The minimum Gasteiger partial charge on any atom is -0.376 e. The molecule has 0 saturated heterocycles. The molecule has 0 aromatic rings. The molecule has 15 heavy (non-hydrogen) atoms. The van der Waals surface area contributed by atoms with E-state index in [0.29, 0.717) is 0 Å². The van der Waals surface area contributed by atoms with Crippen molar-refractivity contribution in [1.82, 2.24) is 5.32 Å². The van der Waals surface area contributed by atoms with Crippen molar-refractivity contribution in [3.05, 3.63) is 23.3 Å². The molecule has 0 rings (SSSR count). The standard InChI is InChI=1S/C11H18N2OS/c1-8(2)5-4-6-9(3)7-10(14)13-11(12)15/h5,7H,4,6H2,1-3H3,(H3,12,13,14,15)/b9-7+. The monoisotopic (exact) mass is 226 g/mol. The Bertz CT molecular complexity index is 302. The first-order chi connectivity index (χ1) is 6.91. The maximum absolute atomic E-state index is 11.2. The molecule has 0 aromatic carbocycles. The zero-order valence-corrected chi connectivity index (χ0v) is 10.3. The molecular weight excluding hydrogens is 208 g/mol. The van der Waals surface area contributed by atoms with Crippen LogP contribution < -0.4 is 11.1 Å². The minimum atomic E-state index is -0.253. The van der Waals surface area contributed by atoms with Gasteiger partial charge in [0.2, 0.25) is 5.91 Å². The molecule has 0 heterocycles. The normalized spacial score (nSPS) is 10.7. The van der Waals surface area contributed by atoms with Crippen LogP contribution in [0.15, 0.2) is 23.3 Å². The highest BCUT2D eigenvalue weighted by Gasteiger charge is 1.98. The molecule has 0 saturated carbocycles. The number of thiocarbonyl (C=S) groups is 1. The summed E-state index contributed by atoms with van der Waals surface area (Å²) < 4.78 is 0. The zero-order chi connectivity index (χ0) is 11.8. The van der Waals surface area contributed by atoms with Crippen LogP contribution in [-0.4, -0.2) is 11.0 Å². The molecule has 0 fully saturated rings. The van der Waals surface area contributed by atoms with E-state index in [4.69, 9.17) is 5.73 Å². The van der Waals surface area contributed by atoms with E-state index in [0.717, 1.165) is 18.4 Å². The van der Waals surface area contributed by atoms with Gasteiger partial charge >= 0.3 is 0 Å². The van der Waals surface area contributed by atoms with Gasteiger partial charge in [0.25, 0.3) is 0 Å². The predicted molar refractivity (Wildman–Crippen MR) is 67.4 cm³/mol. The van der Waals surface area contributed by atoms with Gasteiger partial charge in [0.05, 0.1) is 0 Å². The molecule has 3 N–H and O–H groups in total. The minimum absolute atomic E-state index is 0.00773. The van der Waals surface area contributed by atoms with Crippen LogP contribution in [0.2, 0.25) is 0 Å². The lowest BCUT2D eigenvalue weighted by Gasteiger charge is -2.00. The van der Waals surface area contributed by atoms with Crippen molar-refractivity contribution in [2.45, 2.75) is 33.6 Å². The van der Waals surface area contributed by atoms with E-state index in [1.54, 1.807) is 0 Å². The maximum Gasteiger partial charge on any atom is 0.250 e. The summed E-state index contributed by atoms with van der Waals surface area (Å²) in [5, 5.41) is 2.36. The molecule has 0 bridgehead atoms. The summed E-state index contributed by atoms with van der Waals surface area (Å²) in [6.07, 6.45) is 5.49. The average Bonchev–Trinajstić information content (AvgIpc) is 2.00. The Morgan fingerprint density at radius 1 is 1.40 bits per heavy atom. The van der Waals surface area contributed by atoms with Crippen LogP contribution in [0, 0.1) is 0 Å². The number of hydrogen-bond acceptors (Lipinski definition) is 2. The molecule has 84 valence electrons. The first kappa shape index (κ1) is 13.8. The third-order valence-electron chi connectivity index (χ3n) is 1.72. The highest BCUT2D eigenvalue weighted by Crippen LogP contribution is 2.05. The number of rotatable bonds is 4. The van der Waals surface area contributed by atoms with Gasteiger partial charge < -0.3 is 5.73 Å². The number of amides is 1. The first-order valence-electron chi connectivity index (χ1n) is 4.82. The Morgan fingerprint density at radius 3 is 2.47 bits per heavy atom. The van der Waals surface area contributed by atoms with Crippen molar-refractivity contribution in [2.24, 2.45) is 5.73 Å². The largest absolute Gasteiger partial charge is 0.376 e. The van der Waals surface area contributed by atoms with Crippen molar-refractivity contribution in [1.29, 1.82) is 0 Å². The fourth-order valence-corrected chi connectivity index (χ4v) is 1.14. The van der Waals surface area contributed by atoms with E-state index in [2.05, 4.69) is 37.5 Å². The molecule has 0 aliphatic heterocycles. The average molecular weight is 226 g/mol. The van der Waals surface area contributed by atoms with Gasteiger partial charge in [-0.25, -0.2) is 0 Å². The SMILES string of the molecule is CC(C)=CCC/C(C)=C/C(=O)NC(N)=S. The van der Waals surface area contributed by atoms with Gasteiger partial charge in [0.15, 0.2) is 5.11 Å². The number of hydrogen-bond donors (Lipinski definition) is 2. The topological polar surface area (TPSA) is 55.1 Å². The Hall–Kier alpha value is -1.16. The van der Waals surface area contributed by atoms with Gasteiger partial charge in [-0.3, -0.25) is 10.1 Å². The van der Waals surface area contributed by atoms with Crippen LogP contribution in [0.1, 0.15) is 33.6 Å². The molecule has 0 aromatic heterocycles. The Labute approximate surface area is 96.4 Å². The first-order valence-corrected chi connectivity index (χ1v) is 5.23. The number of nitrogens with one attached hydrogen (secondary N) is 1. The van der Waals surface area contributed by atoms with Crippen molar-refractivity contribution in [3.8, 4) is 0 Å². The summed E-state index contributed by atoms with van der Waals surface area (Å²) >= 11 is 4.55. The lowest BCUT2D eigenvalue weighted by Crippen LogP contribution is -2.33. The van der Waals surface area contributed by atoms with Crippen molar-refractivity contribution in [3.63, 3.8) is 0 Å². The lowest BCUT2D eigenvalue weighted by molar-refractivity contribution is -0.115. The molecule has 4 heteroatoms. The molecule has 0 aliphatic rings. The molecular formula is C11H18N2OS. The third-order valence-corrected chi connectivity index (χ3v) is 1.82. The molecule has 1 amide bonds. The van der Waals surface area contributed by atoms with E-state index < -0.39 is 0 Å². The molecule has 3 nitrogen and oxygen atoms in total. The van der Waals surface area contributed by atoms with Crippen molar-refractivity contribution in [2.75, 3.05) is 0 Å². The fourth-order valence-electron chi connectivity index (χ4n) is 1.04. The second-order valence-electron chi connectivity index (χ2n) is 3.66. The van der Waals surface area contributed by atoms with Crippen LogP contribution in [0.4, 0.5) is 0 Å². The Balaban J connectivity index is 4.03. The quantitative estimate of drug-likeness (QED) is 0.438. The third kappa shape index (κ3) is 9.15. The van der Waals surface area contributed by atoms with Gasteiger partial charge in [0, 0.05) is 6.08 Å². The highest BCUT2D eigenvalue weighted by molar-refractivity contribution is 7.80. The van der Waals surface area contributed by atoms with Gasteiger partial charge in [-0.2, -0.15) is 0 Å². The van der Waals surface area contributed by atoms with Gasteiger partial charge in [-0.1, -0.05) is 17.2 Å². The second kappa shape index (κ2) is 7.17. The summed E-state index contributed by atoms with van der Waals surface area (Å²) in [6.45, 7) is 6.02. The maximum atomic E-state index is 11.2. The summed E-state index contributed by atoms with van der Waals surface area (Å²) in [7, 11) is 0. The number of carbonyl (C=O) groups excluding carboxylic acids is 1. The summed E-state index contributed by atoms with van der Waals surface area (Å²) in [5.74, 6) is -0.253. The summed E-state index contributed by atoms with van der Waals surface area (Å²) in [6, 6.07) is 0. The van der Waals surface area contributed by atoms with E-state index in [1.807, 2.05) is 6.92 Å². The van der Waals surface area contributed by atoms with Gasteiger partial charge in [0.1, 0.15) is 0 Å². The van der Waals surface area contributed by atoms with E-state index in [-0.39, 0.29) is 11.0 Å². The van der Waals surface area contributed by atoms with Crippen molar-refractivity contribution < 1.29 is 4.79 Å². The Morgan fingerprint density at radius 2 is 2.00 bits per heavy atom. The predicted octanol–water partition coefficient (Wildman–Crippen LogP) is 2.04. The lowest BCUT2D eigenvalue weighted by atomic mass is 10.1. The fraction of sp³-hybridized carbons (Fsp3) is 0.455. The smallest absolute Gasteiger partial charge is 0.250 e. The van der Waals surface area contributed by atoms with Crippen molar-refractivity contribution >= 4 is 23.2 Å². The summed E-state index contributed by atoms with van der Waals surface area (Å²) in [4.78, 5) is 11.2. The Kier molecular flexibility index (Phi) is 6.62. The molecule has 0 aliphatic carbocycles. The molecule has 0 spiro atoms. The highest BCUT2D eigenvalue weighted by atomic mass is 32.1. The van der Waals surface area contributed by atoms with E-state index >= 15 is 0 Å². The molecule has 0 unspecified atom stereocenters. The molecule has 0 atom stereocenters. The molecule has 0 radical (unpaired) electrons. The second-order valence-corrected chi connectivity index (χ2v) is 4.10. The zero-order valence-electron chi connectivity index (χ0n) is 9.46. The number of nitrogens with two attached hydrogens (primary N) is 1. The number of carbonyl (C=O) groups is 1. The van der Waals surface area contributed by atoms with E-state index in [9.17, 15) is 4.79 Å². The van der Waals surface area contributed by atoms with Crippen LogP contribution in [0.25, 0.3) is 0 Å².